The molecule has 0 unspecified atom stereocenters. The van der Waals surface area contributed by atoms with Gasteiger partial charge in [-0.15, -0.1) is 0 Å². The lowest BCUT2D eigenvalue weighted by Gasteiger charge is -2.16. The molecule has 0 saturated carbocycles. The fraction of sp³-hybridized carbons (Fsp3) is 0.462. The molecule has 1 aliphatic rings. The maximum atomic E-state index is 11.1. The van der Waals surface area contributed by atoms with E-state index in [2.05, 4.69) is 0 Å². The van der Waals surface area contributed by atoms with Crippen LogP contribution in [-0.2, 0) is 14.3 Å². The Kier molecular flexibility index (Phi) is 4.24. The first kappa shape index (κ1) is 13.6. The van der Waals surface area contributed by atoms with Gasteiger partial charge < -0.3 is 23.7 Å². The van der Waals surface area contributed by atoms with Gasteiger partial charge in [-0.25, -0.2) is 0 Å². The van der Waals surface area contributed by atoms with E-state index in [1.807, 2.05) is 0 Å². The Labute approximate surface area is 111 Å². The Bertz CT molecular complexity index is 439. The predicted molar refractivity (Wildman–Crippen MR) is 65.5 cm³/mol. The van der Waals surface area contributed by atoms with E-state index >= 15 is 0 Å². The number of ether oxygens (including phenoxy) is 5. The lowest BCUT2D eigenvalue weighted by atomic mass is 10.1. The number of carbonyl (C=O) groups excluding carboxylic acids is 1. The molecular formula is C13H16O6. The van der Waals surface area contributed by atoms with Crippen molar-refractivity contribution in [3.05, 3.63) is 17.7 Å². The lowest BCUT2D eigenvalue weighted by Crippen LogP contribution is -2.07. The molecule has 0 aromatic heterocycles. The Hall–Kier alpha value is -1.79. The zero-order valence-electron chi connectivity index (χ0n) is 11.1. The molecule has 1 heterocycles. The van der Waals surface area contributed by atoms with Crippen molar-refractivity contribution < 1.29 is 28.5 Å². The Balaban J connectivity index is 2.40. The number of methoxy groups -OCH3 is 2. The fourth-order valence-electron chi connectivity index (χ4n) is 1.83. The van der Waals surface area contributed by atoms with Crippen molar-refractivity contribution in [3.63, 3.8) is 0 Å². The Morgan fingerprint density at radius 1 is 1.16 bits per heavy atom. The van der Waals surface area contributed by atoms with Crippen molar-refractivity contribution in [2.75, 3.05) is 27.4 Å². The maximum Gasteiger partial charge on any atom is 0.308 e. The van der Waals surface area contributed by atoms with Crippen LogP contribution in [-0.4, -0.2) is 33.4 Å². The maximum absolute atomic E-state index is 11.1. The van der Waals surface area contributed by atoms with Crippen LogP contribution in [0.25, 0.3) is 0 Å². The highest BCUT2D eigenvalue weighted by molar-refractivity contribution is 5.72. The summed E-state index contributed by atoms with van der Waals surface area (Å²) >= 11 is 0. The minimum Gasteiger partial charge on any atom is -0.493 e. The van der Waals surface area contributed by atoms with Gasteiger partial charge >= 0.3 is 5.97 Å². The number of hydrogen-bond donors (Lipinski definition) is 0. The second-order valence-electron chi connectivity index (χ2n) is 3.92. The molecule has 1 aliphatic heterocycles. The summed E-state index contributed by atoms with van der Waals surface area (Å²) in [6.45, 7) is 2.40. The number of esters is 1. The molecule has 0 aliphatic carbocycles. The highest BCUT2D eigenvalue weighted by Gasteiger charge is 2.23. The van der Waals surface area contributed by atoms with Crippen molar-refractivity contribution in [1.82, 2.24) is 0 Å². The van der Waals surface area contributed by atoms with Gasteiger partial charge in [-0.05, 0) is 12.1 Å². The molecule has 19 heavy (non-hydrogen) atoms. The van der Waals surface area contributed by atoms with Crippen LogP contribution in [0.1, 0.15) is 18.8 Å². The van der Waals surface area contributed by atoms with Crippen LogP contribution in [0.4, 0.5) is 0 Å². The fourth-order valence-corrected chi connectivity index (χ4v) is 1.83. The molecule has 0 atom stereocenters. The molecule has 1 saturated heterocycles. The van der Waals surface area contributed by atoms with E-state index in [0.29, 0.717) is 24.7 Å². The van der Waals surface area contributed by atoms with E-state index in [0.717, 1.165) is 5.56 Å². The third kappa shape index (κ3) is 2.97. The molecule has 0 bridgehead atoms. The van der Waals surface area contributed by atoms with Crippen LogP contribution in [0, 0.1) is 0 Å². The molecule has 2 rings (SSSR count). The molecule has 0 amide bonds. The summed E-state index contributed by atoms with van der Waals surface area (Å²) in [7, 11) is 2.98. The average molecular weight is 268 g/mol. The zero-order chi connectivity index (χ0) is 13.8. The molecule has 104 valence electrons. The summed E-state index contributed by atoms with van der Waals surface area (Å²) in [5.74, 6) is 0.587. The van der Waals surface area contributed by atoms with Crippen LogP contribution in [0.15, 0.2) is 12.1 Å². The highest BCUT2D eigenvalue weighted by Crippen LogP contribution is 2.41. The lowest BCUT2D eigenvalue weighted by molar-refractivity contribution is -0.132. The van der Waals surface area contributed by atoms with Crippen LogP contribution < -0.4 is 14.2 Å². The standard InChI is InChI=1S/C13H16O6/c1-8(14)19-12-10(15-2)6-9(7-11(12)16-3)13-17-4-5-18-13/h6-7,13H,4-5H2,1-3H3. The first-order chi connectivity index (χ1) is 9.15. The predicted octanol–water partition coefficient (Wildman–Crippen LogP) is 1.67. The van der Waals surface area contributed by atoms with E-state index in [1.54, 1.807) is 12.1 Å². The molecule has 0 spiro atoms. The monoisotopic (exact) mass is 268 g/mol. The zero-order valence-corrected chi connectivity index (χ0v) is 11.1. The largest absolute Gasteiger partial charge is 0.493 e. The van der Waals surface area contributed by atoms with Gasteiger partial charge in [-0.2, -0.15) is 0 Å². The molecule has 6 heteroatoms. The Morgan fingerprint density at radius 3 is 2.11 bits per heavy atom. The normalized spacial score (nSPS) is 15.3. The minimum absolute atomic E-state index is 0.249. The molecule has 0 N–H and O–H groups in total. The molecule has 1 aromatic carbocycles. The third-order valence-electron chi connectivity index (χ3n) is 2.62. The van der Waals surface area contributed by atoms with Crippen LogP contribution in [0.5, 0.6) is 17.2 Å². The van der Waals surface area contributed by atoms with Crippen LogP contribution >= 0.6 is 0 Å². The molecule has 1 aromatic rings. The highest BCUT2D eigenvalue weighted by atomic mass is 16.7. The number of benzene rings is 1. The summed E-state index contributed by atoms with van der Waals surface area (Å²) in [5.41, 5.74) is 0.752. The molecule has 1 fully saturated rings. The second-order valence-corrected chi connectivity index (χ2v) is 3.92. The smallest absolute Gasteiger partial charge is 0.308 e. The summed E-state index contributed by atoms with van der Waals surface area (Å²) in [6.07, 6.45) is -0.450. The summed E-state index contributed by atoms with van der Waals surface area (Å²) in [5, 5.41) is 0. The van der Waals surface area contributed by atoms with Gasteiger partial charge in [0, 0.05) is 12.5 Å². The van der Waals surface area contributed by atoms with E-state index in [4.69, 9.17) is 23.7 Å². The van der Waals surface area contributed by atoms with Crippen molar-refractivity contribution in [1.29, 1.82) is 0 Å². The second kappa shape index (κ2) is 5.90. The number of rotatable bonds is 4. The first-order valence-corrected chi connectivity index (χ1v) is 5.83. The van der Waals surface area contributed by atoms with Crippen molar-refractivity contribution in [3.8, 4) is 17.2 Å². The van der Waals surface area contributed by atoms with E-state index in [-0.39, 0.29) is 5.75 Å². The number of carbonyl (C=O) groups is 1. The van der Waals surface area contributed by atoms with Gasteiger partial charge in [0.2, 0.25) is 5.75 Å². The summed E-state index contributed by atoms with van der Waals surface area (Å²) in [4.78, 5) is 11.1. The minimum atomic E-state index is -0.450. The van der Waals surface area contributed by atoms with Gasteiger partial charge in [0.1, 0.15) is 0 Å². The third-order valence-corrected chi connectivity index (χ3v) is 2.62. The van der Waals surface area contributed by atoms with E-state index in [9.17, 15) is 4.79 Å². The first-order valence-electron chi connectivity index (χ1n) is 5.83. The van der Waals surface area contributed by atoms with Gasteiger partial charge in [0.15, 0.2) is 17.8 Å². The SMILES string of the molecule is COc1cc(C2OCCO2)cc(OC)c1OC(C)=O. The quantitative estimate of drug-likeness (QED) is 0.611. The van der Waals surface area contributed by atoms with Gasteiger partial charge in [0.25, 0.3) is 0 Å². The molecular weight excluding hydrogens is 252 g/mol. The van der Waals surface area contributed by atoms with Crippen LogP contribution in [0.3, 0.4) is 0 Å². The summed E-state index contributed by atoms with van der Waals surface area (Å²) < 4.78 is 26.4. The molecule has 0 radical (unpaired) electrons. The molecule has 6 nitrogen and oxygen atoms in total. The van der Waals surface area contributed by atoms with Crippen molar-refractivity contribution >= 4 is 5.97 Å². The van der Waals surface area contributed by atoms with E-state index in [1.165, 1.54) is 21.1 Å². The number of hydrogen-bond acceptors (Lipinski definition) is 6. The van der Waals surface area contributed by atoms with Gasteiger partial charge in [-0.1, -0.05) is 0 Å². The van der Waals surface area contributed by atoms with Gasteiger partial charge in [0.05, 0.1) is 27.4 Å². The van der Waals surface area contributed by atoms with Crippen molar-refractivity contribution in [2.45, 2.75) is 13.2 Å². The van der Waals surface area contributed by atoms with E-state index < -0.39 is 12.3 Å². The van der Waals surface area contributed by atoms with Crippen LogP contribution in [0.2, 0.25) is 0 Å². The topological polar surface area (TPSA) is 63.2 Å². The average Bonchev–Trinajstić information content (AvgIpc) is 2.92. The van der Waals surface area contributed by atoms with Gasteiger partial charge in [-0.3, -0.25) is 4.79 Å². The summed E-state index contributed by atoms with van der Waals surface area (Å²) in [6, 6.07) is 3.41. The van der Waals surface area contributed by atoms with Crippen molar-refractivity contribution in [2.24, 2.45) is 0 Å². The Morgan fingerprint density at radius 2 is 1.68 bits per heavy atom.